The van der Waals surface area contributed by atoms with E-state index in [0.717, 1.165) is 18.7 Å². The highest BCUT2D eigenvalue weighted by Gasteiger charge is 2.27. The van der Waals surface area contributed by atoms with Gasteiger partial charge in [0.05, 0.1) is 10.9 Å². The number of hydrogen-bond acceptors (Lipinski definition) is 5. The molecule has 0 spiro atoms. The van der Waals surface area contributed by atoms with Crippen LogP contribution in [-0.4, -0.2) is 31.7 Å². The van der Waals surface area contributed by atoms with Gasteiger partial charge in [-0.1, -0.05) is 13.8 Å². The SMILES string of the molecule is CC(C)c1csc(NS(=O)(=O)C2CCCNC2)n1. The van der Waals surface area contributed by atoms with Crippen LogP contribution in [0.4, 0.5) is 5.13 Å². The summed E-state index contributed by atoms with van der Waals surface area (Å²) in [7, 11) is -3.31. The summed E-state index contributed by atoms with van der Waals surface area (Å²) in [5.41, 5.74) is 0.930. The fraction of sp³-hybridized carbons (Fsp3) is 0.727. The lowest BCUT2D eigenvalue weighted by Crippen LogP contribution is -2.41. The van der Waals surface area contributed by atoms with E-state index in [0.29, 0.717) is 24.0 Å². The Kier molecular flexibility index (Phi) is 4.24. The van der Waals surface area contributed by atoms with Crippen LogP contribution in [0.2, 0.25) is 0 Å². The number of aromatic nitrogens is 1. The monoisotopic (exact) mass is 289 g/mol. The van der Waals surface area contributed by atoms with Crippen molar-refractivity contribution in [3.8, 4) is 0 Å². The van der Waals surface area contributed by atoms with Crippen molar-refractivity contribution in [2.24, 2.45) is 0 Å². The fourth-order valence-corrected chi connectivity index (χ4v) is 4.41. The summed E-state index contributed by atoms with van der Waals surface area (Å²) < 4.78 is 26.9. The molecule has 1 saturated heterocycles. The van der Waals surface area contributed by atoms with Crippen molar-refractivity contribution >= 4 is 26.5 Å². The first-order chi connectivity index (χ1) is 8.49. The molecule has 0 aliphatic carbocycles. The molecule has 2 heterocycles. The van der Waals surface area contributed by atoms with Crippen LogP contribution in [-0.2, 0) is 10.0 Å². The van der Waals surface area contributed by atoms with Gasteiger partial charge in [0.15, 0.2) is 5.13 Å². The lowest BCUT2D eigenvalue weighted by Gasteiger charge is -2.22. The number of piperidine rings is 1. The molecule has 1 aliphatic heterocycles. The predicted octanol–water partition coefficient (Wildman–Crippen LogP) is 1.76. The standard InChI is InChI=1S/C11H19N3O2S2/c1-8(2)10-7-17-11(13-10)14-18(15,16)9-4-3-5-12-6-9/h7-9,12H,3-6H2,1-2H3,(H,13,14). The summed E-state index contributed by atoms with van der Waals surface area (Å²) in [6.07, 6.45) is 1.62. The van der Waals surface area contributed by atoms with Crippen molar-refractivity contribution in [1.82, 2.24) is 10.3 Å². The van der Waals surface area contributed by atoms with Crippen LogP contribution in [0.3, 0.4) is 0 Å². The number of nitrogens with one attached hydrogen (secondary N) is 2. The fourth-order valence-electron chi connectivity index (χ4n) is 1.89. The molecule has 1 aromatic rings. The summed E-state index contributed by atoms with van der Waals surface area (Å²) in [5, 5.41) is 5.15. The van der Waals surface area contributed by atoms with Crippen molar-refractivity contribution in [3.63, 3.8) is 0 Å². The maximum atomic E-state index is 12.1. The molecule has 5 nitrogen and oxygen atoms in total. The Morgan fingerprint density at radius 1 is 1.56 bits per heavy atom. The zero-order valence-electron chi connectivity index (χ0n) is 10.6. The van der Waals surface area contributed by atoms with Gasteiger partial charge in [0, 0.05) is 11.9 Å². The maximum absolute atomic E-state index is 12.1. The number of rotatable bonds is 4. The van der Waals surface area contributed by atoms with Crippen molar-refractivity contribution < 1.29 is 8.42 Å². The molecule has 1 aliphatic rings. The van der Waals surface area contributed by atoms with E-state index in [9.17, 15) is 8.42 Å². The topological polar surface area (TPSA) is 71.1 Å². The maximum Gasteiger partial charge on any atom is 0.238 e. The molecule has 2 rings (SSSR count). The summed E-state index contributed by atoms with van der Waals surface area (Å²) in [6, 6.07) is 0. The molecule has 2 N–H and O–H groups in total. The highest BCUT2D eigenvalue weighted by molar-refractivity contribution is 7.93. The minimum absolute atomic E-state index is 0.316. The van der Waals surface area contributed by atoms with E-state index in [-0.39, 0.29) is 5.25 Å². The Balaban J connectivity index is 2.06. The van der Waals surface area contributed by atoms with Crippen LogP contribution in [0.15, 0.2) is 5.38 Å². The molecular formula is C11H19N3O2S2. The zero-order chi connectivity index (χ0) is 13.2. The van der Waals surface area contributed by atoms with Crippen molar-refractivity contribution in [3.05, 3.63) is 11.1 Å². The van der Waals surface area contributed by atoms with Gasteiger partial charge in [-0.05, 0) is 25.3 Å². The first-order valence-electron chi connectivity index (χ1n) is 6.17. The largest absolute Gasteiger partial charge is 0.315 e. The minimum atomic E-state index is -3.31. The van der Waals surface area contributed by atoms with E-state index < -0.39 is 10.0 Å². The zero-order valence-corrected chi connectivity index (χ0v) is 12.3. The molecule has 1 unspecified atom stereocenters. The Morgan fingerprint density at radius 2 is 2.33 bits per heavy atom. The van der Waals surface area contributed by atoms with Gasteiger partial charge in [0.25, 0.3) is 0 Å². The van der Waals surface area contributed by atoms with E-state index in [4.69, 9.17) is 0 Å². The van der Waals surface area contributed by atoms with Gasteiger partial charge in [-0.15, -0.1) is 11.3 Å². The number of sulfonamides is 1. The Bertz CT molecular complexity index is 490. The quantitative estimate of drug-likeness (QED) is 0.886. The van der Waals surface area contributed by atoms with Crippen LogP contribution in [0.25, 0.3) is 0 Å². The van der Waals surface area contributed by atoms with E-state index in [1.54, 1.807) is 0 Å². The molecule has 0 radical (unpaired) electrons. The van der Waals surface area contributed by atoms with E-state index in [1.807, 2.05) is 19.2 Å². The third-order valence-corrected chi connectivity index (χ3v) is 5.70. The van der Waals surface area contributed by atoms with Crippen LogP contribution >= 0.6 is 11.3 Å². The molecule has 1 atom stereocenters. The summed E-state index contributed by atoms with van der Waals surface area (Å²) in [4.78, 5) is 4.30. The van der Waals surface area contributed by atoms with Crippen molar-refractivity contribution in [2.45, 2.75) is 37.9 Å². The van der Waals surface area contributed by atoms with Crippen LogP contribution in [0, 0.1) is 0 Å². The third kappa shape index (κ3) is 3.21. The first-order valence-corrected chi connectivity index (χ1v) is 8.59. The molecule has 1 fully saturated rings. The number of anilines is 1. The average molecular weight is 289 g/mol. The predicted molar refractivity (Wildman–Crippen MR) is 74.6 cm³/mol. The molecule has 7 heteroatoms. The molecule has 0 amide bonds. The van der Waals surface area contributed by atoms with Gasteiger partial charge in [0.1, 0.15) is 0 Å². The summed E-state index contributed by atoms with van der Waals surface area (Å²) >= 11 is 1.35. The highest BCUT2D eigenvalue weighted by Crippen LogP contribution is 2.23. The third-order valence-electron chi connectivity index (χ3n) is 3.03. The van der Waals surface area contributed by atoms with Gasteiger partial charge in [-0.2, -0.15) is 0 Å². The molecule has 18 heavy (non-hydrogen) atoms. The number of hydrogen-bond donors (Lipinski definition) is 2. The second kappa shape index (κ2) is 5.54. The molecular weight excluding hydrogens is 270 g/mol. The molecule has 0 saturated carbocycles. The number of nitrogens with zero attached hydrogens (tertiary/aromatic N) is 1. The molecule has 0 bridgehead atoms. The lowest BCUT2D eigenvalue weighted by molar-refractivity contribution is 0.499. The Hall–Kier alpha value is -0.660. The van der Waals surface area contributed by atoms with E-state index in [2.05, 4.69) is 15.0 Å². The van der Waals surface area contributed by atoms with Gasteiger partial charge < -0.3 is 5.32 Å². The Labute approximate surface area is 112 Å². The van der Waals surface area contributed by atoms with Gasteiger partial charge in [-0.3, -0.25) is 4.72 Å². The van der Waals surface area contributed by atoms with E-state index in [1.165, 1.54) is 11.3 Å². The van der Waals surface area contributed by atoms with Gasteiger partial charge in [0.2, 0.25) is 10.0 Å². The van der Waals surface area contributed by atoms with Crippen molar-refractivity contribution in [1.29, 1.82) is 0 Å². The Morgan fingerprint density at radius 3 is 2.89 bits per heavy atom. The lowest BCUT2D eigenvalue weighted by atomic mass is 10.2. The van der Waals surface area contributed by atoms with Gasteiger partial charge >= 0.3 is 0 Å². The molecule has 0 aromatic carbocycles. The van der Waals surface area contributed by atoms with E-state index >= 15 is 0 Å². The average Bonchev–Trinajstić information content (AvgIpc) is 2.78. The van der Waals surface area contributed by atoms with Crippen LogP contribution in [0.1, 0.15) is 38.3 Å². The number of thiazole rings is 1. The normalized spacial score (nSPS) is 21.2. The summed E-state index contributed by atoms with van der Waals surface area (Å²) in [6.45, 7) is 5.51. The molecule has 1 aromatic heterocycles. The first kappa shape index (κ1) is 13.8. The second-order valence-electron chi connectivity index (χ2n) is 4.85. The van der Waals surface area contributed by atoms with Gasteiger partial charge in [-0.25, -0.2) is 13.4 Å². The highest BCUT2D eigenvalue weighted by atomic mass is 32.2. The van der Waals surface area contributed by atoms with Crippen LogP contribution < -0.4 is 10.0 Å². The van der Waals surface area contributed by atoms with Crippen molar-refractivity contribution in [2.75, 3.05) is 17.8 Å². The molecule has 102 valence electrons. The smallest absolute Gasteiger partial charge is 0.238 e. The second-order valence-corrected chi connectivity index (χ2v) is 7.67. The minimum Gasteiger partial charge on any atom is -0.315 e. The van der Waals surface area contributed by atoms with Crippen LogP contribution in [0.5, 0.6) is 0 Å². The summed E-state index contributed by atoms with van der Waals surface area (Å²) in [5.74, 6) is 0.316.